The summed E-state index contributed by atoms with van der Waals surface area (Å²) in [6.07, 6.45) is 1.91. The van der Waals surface area contributed by atoms with Gasteiger partial charge in [0.05, 0.1) is 18.8 Å². The third-order valence-electron chi connectivity index (χ3n) is 3.27. The largest absolute Gasteiger partial charge is 0.370 e. The van der Waals surface area contributed by atoms with Crippen molar-refractivity contribution in [1.82, 2.24) is 10.2 Å². The zero-order chi connectivity index (χ0) is 13.6. The van der Waals surface area contributed by atoms with Gasteiger partial charge in [0, 0.05) is 19.6 Å². The van der Waals surface area contributed by atoms with Crippen LogP contribution >= 0.6 is 0 Å². The second kappa shape index (κ2) is 6.95. The van der Waals surface area contributed by atoms with Crippen LogP contribution in [0.5, 0.6) is 0 Å². The van der Waals surface area contributed by atoms with Crippen molar-refractivity contribution in [3.8, 4) is 0 Å². The van der Waals surface area contributed by atoms with Crippen molar-refractivity contribution in [2.45, 2.75) is 39.2 Å². The first kappa shape index (κ1) is 15.2. The second-order valence-electron chi connectivity index (χ2n) is 5.49. The minimum atomic E-state index is -0.345. The lowest BCUT2D eigenvalue weighted by Gasteiger charge is -2.42. The molecule has 0 aromatic rings. The molecule has 1 unspecified atom stereocenters. The number of carbonyl (C=O) groups is 1. The number of nitrogens with two attached hydrogens (primary N) is 1. The Morgan fingerprint density at radius 3 is 2.83 bits per heavy atom. The Morgan fingerprint density at radius 2 is 2.28 bits per heavy atom. The topological polar surface area (TPSA) is 67.6 Å². The van der Waals surface area contributed by atoms with Gasteiger partial charge in [0.2, 0.25) is 0 Å². The molecule has 0 saturated carbocycles. The number of hydrogen-bond acceptors (Lipinski definition) is 3. The van der Waals surface area contributed by atoms with Crippen molar-refractivity contribution in [2.24, 2.45) is 11.7 Å². The first-order chi connectivity index (χ1) is 8.53. The van der Waals surface area contributed by atoms with E-state index in [-0.39, 0.29) is 11.6 Å². The van der Waals surface area contributed by atoms with Crippen LogP contribution in [-0.4, -0.2) is 49.3 Å². The summed E-state index contributed by atoms with van der Waals surface area (Å²) >= 11 is 0. The van der Waals surface area contributed by atoms with Gasteiger partial charge in [-0.25, -0.2) is 4.79 Å². The van der Waals surface area contributed by atoms with Crippen LogP contribution in [0.3, 0.4) is 0 Å². The van der Waals surface area contributed by atoms with E-state index >= 15 is 0 Å². The molecule has 1 fully saturated rings. The number of nitrogens with one attached hydrogen (secondary N) is 1. The zero-order valence-corrected chi connectivity index (χ0v) is 11.9. The maximum atomic E-state index is 12.0. The van der Waals surface area contributed by atoms with Gasteiger partial charge in [-0.1, -0.05) is 27.2 Å². The monoisotopic (exact) mass is 257 g/mol. The maximum absolute atomic E-state index is 12.0. The van der Waals surface area contributed by atoms with Crippen molar-refractivity contribution in [3.63, 3.8) is 0 Å². The Hall–Kier alpha value is -0.810. The zero-order valence-electron chi connectivity index (χ0n) is 11.9. The number of carbonyl (C=O) groups excluding carboxylic acids is 1. The summed E-state index contributed by atoms with van der Waals surface area (Å²) in [4.78, 5) is 13.9. The molecule has 18 heavy (non-hydrogen) atoms. The van der Waals surface area contributed by atoms with E-state index in [0.29, 0.717) is 38.7 Å². The Labute approximate surface area is 110 Å². The lowest BCUT2D eigenvalue weighted by Crippen LogP contribution is -2.59. The van der Waals surface area contributed by atoms with Crippen molar-refractivity contribution in [1.29, 1.82) is 0 Å². The molecule has 1 aliphatic heterocycles. The van der Waals surface area contributed by atoms with E-state index in [4.69, 9.17) is 10.5 Å². The van der Waals surface area contributed by atoms with E-state index in [0.717, 1.165) is 12.8 Å². The van der Waals surface area contributed by atoms with Gasteiger partial charge in [-0.3, -0.25) is 0 Å². The van der Waals surface area contributed by atoms with Gasteiger partial charge in [0.1, 0.15) is 0 Å². The van der Waals surface area contributed by atoms with Gasteiger partial charge < -0.3 is 20.7 Å². The van der Waals surface area contributed by atoms with Crippen LogP contribution in [0.25, 0.3) is 0 Å². The van der Waals surface area contributed by atoms with Crippen LogP contribution in [0, 0.1) is 5.92 Å². The maximum Gasteiger partial charge on any atom is 0.317 e. The molecule has 0 aliphatic carbocycles. The summed E-state index contributed by atoms with van der Waals surface area (Å²) in [5.74, 6) is 0.463. The first-order valence-corrected chi connectivity index (χ1v) is 6.90. The molecule has 2 amide bonds. The first-order valence-electron chi connectivity index (χ1n) is 6.90. The van der Waals surface area contributed by atoms with Crippen molar-refractivity contribution >= 4 is 6.03 Å². The third kappa shape index (κ3) is 4.14. The molecular formula is C13H27N3O2. The van der Waals surface area contributed by atoms with Gasteiger partial charge in [-0.05, 0) is 12.3 Å². The number of ether oxygens (including phenoxy) is 1. The summed E-state index contributed by atoms with van der Waals surface area (Å²) in [6.45, 7) is 9.28. The minimum Gasteiger partial charge on any atom is -0.370 e. The highest BCUT2D eigenvalue weighted by molar-refractivity contribution is 5.74. The van der Waals surface area contributed by atoms with Crippen molar-refractivity contribution < 1.29 is 9.53 Å². The average Bonchev–Trinajstić information content (AvgIpc) is 2.36. The molecule has 1 rings (SSSR count). The highest BCUT2D eigenvalue weighted by Crippen LogP contribution is 2.22. The van der Waals surface area contributed by atoms with Crippen LogP contribution in [0.1, 0.15) is 33.6 Å². The summed E-state index contributed by atoms with van der Waals surface area (Å²) in [5, 5.41) is 2.95. The van der Waals surface area contributed by atoms with Crippen molar-refractivity contribution in [3.05, 3.63) is 0 Å². The van der Waals surface area contributed by atoms with E-state index < -0.39 is 0 Å². The SMILES string of the molecule is CCCC1(CN)CN(C(=O)NCC(C)C)CCO1. The van der Waals surface area contributed by atoms with E-state index in [2.05, 4.69) is 26.1 Å². The number of rotatable bonds is 5. The van der Waals surface area contributed by atoms with Gasteiger partial charge in [-0.2, -0.15) is 0 Å². The summed E-state index contributed by atoms with van der Waals surface area (Å²) in [7, 11) is 0. The molecule has 1 aliphatic rings. The highest BCUT2D eigenvalue weighted by atomic mass is 16.5. The van der Waals surface area contributed by atoms with Crippen LogP contribution < -0.4 is 11.1 Å². The molecule has 5 nitrogen and oxygen atoms in total. The van der Waals surface area contributed by atoms with Gasteiger partial charge in [0.25, 0.3) is 0 Å². The average molecular weight is 257 g/mol. The minimum absolute atomic E-state index is 0.000859. The molecule has 0 bridgehead atoms. The van der Waals surface area contributed by atoms with Gasteiger partial charge >= 0.3 is 6.03 Å². The smallest absolute Gasteiger partial charge is 0.317 e. The molecule has 0 spiro atoms. The van der Waals surface area contributed by atoms with E-state index in [1.165, 1.54) is 0 Å². The lowest BCUT2D eigenvalue weighted by atomic mass is 9.96. The molecule has 0 aromatic carbocycles. The van der Waals surface area contributed by atoms with E-state index in [1.807, 2.05) is 4.90 Å². The third-order valence-corrected chi connectivity index (χ3v) is 3.27. The molecule has 1 atom stereocenters. The Kier molecular flexibility index (Phi) is 5.88. The predicted octanol–water partition coefficient (Wildman–Crippen LogP) is 1.18. The molecule has 106 valence electrons. The van der Waals surface area contributed by atoms with E-state index in [9.17, 15) is 4.79 Å². The molecule has 5 heteroatoms. The van der Waals surface area contributed by atoms with Crippen LogP contribution in [0.4, 0.5) is 4.79 Å². The summed E-state index contributed by atoms with van der Waals surface area (Å²) < 4.78 is 5.81. The number of morpholine rings is 1. The van der Waals surface area contributed by atoms with E-state index in [1.54, 1.807) is 0 Å². The Morgan fingerprint density at radius 1 is 1.56 bits per heavy atom. The van der Waals surface area contributed by atoms with Crippen molar-refractivity contribution in [2.75, 3.05) is 32.8 Å². The standard InChI is InChI=1S/C13H27N3O2/c1-4-5-13(9-14)10-16(6-7-18-13)12(17)15-8-11(2)3/h11H,4-10,14H2,1-3H3,(H,15,17). The molecule has 3 N–H and O–H groups in total. The lowest BCUT2D eigenvalue weighted by molar-refractivity contribution is -0.0960. The molecule has 1 heterocycles. The fraction of sp³-hybridized carbons (Fsp3) is 0.923. The quantitative estimate of drug-likeness (QED) is 0.777. The van der Waals surface area contributed by atoms with Crippen LogP contribution in [0.15, 0.2) is 0 Å². The number of nitrogens with zero attached hydrogens (tertiary/aromatic N) is 1. The molecule has 1 saturated heterocycles. The summed E-state index contributed by atoms with van der Waals surface area (Å²) in [5.41, 5.74) is 5.48. The molecular weight excluding hydrogens is 230 g/mol. The van der Waals surface area contributed by atoms with Gasteiger partial charge in [-0.15, -0.1) is 0 Å². The fourth-order valence-corrected chi connectivity index (χ4v) is 2.25. The molecule has 0 aromatic heterocycles. The molecule has 0 radical (unpaired) electrons. The summed E-state index contributed by atoms with van der Waals surface area (Å²) in [6, 6.07) is 0.000859. The van der Waals surface area contributed by atoms with Crippen LogP contribution in [-0.2, 0) is 4.74 Å². The Balaban J connectivity index is 2.54. The predicted molar refractivity (Wildman–Crippen MR) is 72.5 cm³/mol. The number of amides is 2. The fourth-order valence-electron chi connectivity index (χ4n) is 2.25. The second-order valence-corrected chi connectivity index (χ2v) is 5.49. The normalized spacial score (nSPS) is 24.4. The van der Waals surface area contributed by atoms with Gasteiger partial charge in [0.15, 0.2) is 0 Å². The highest BCUT2D eigenvalue weighted by Gasteiger charge is 2.36. The number of hydrogen-bond donors (Lipinski definition) is 2. The van der Waals surface area contributed by atoms with Crippen LogP contribution in [0.2, 0.25) is 0 Å². The number of urea groups is 1. The Bertz CT molecular complexity index is 267.